The molecular formula is C14H18N2S. The van der Waals surface area contributed by atoms with Gasteiger partial charge >= 0.3 is 0 Å². The molecule has 2 heterocycles. The summed E-state index contributed by atoms with van der Waals surface area (Å²) in [7, 11) is 0. The predicted octanol–water partition coefficient (Wildman–Crippen LogP) is 3.80. The molecule has 1 atom stereocenters. The number of amidine groups is 1. The number of hydrogen-bond donors (Lipinski definition) is 0. The Morgan fingerprint density at radius 3 is 3.06 bits per heavy atom. The van der Waals surface area contributed by atoms with Crippen molar-refractivity contribution in [1.82, 2.24) is 4.90 Å². The van der Waals surface area contributed by atoms with Crippen molar-refractivity contribution in [1.29, 1.82) is 0 Å². The summed E-state index contributed by atoms with van der Waals surface area (Å²) in [6.07, 6.45) is 3.99. The Morgan fingerprint density at radius 2 is 2.18 bits per heavy atom. The van der Waals surface area contributed by atoms with Gasteiger partial charge in [0.15, 0.2) is 5.17 Å². The van der Waals surface area contributed by atoms with Gasteiger partial charge in [-0.2, -0.15) is 0 Å². The Hall–Kier alpha value is -0.960. The number of nitrogens with zero attached hydrogens (tertiary/aromatic N) is 2. The fourth-order valence-corrected chi connectivity index (χ4v) is 3.68. The first-order valence-corrected chi connectivity index (χ1v) is 7.39. The lowest BCUT2D eigenvalue weighted by atomic mass is 10.0. The second-order valence-electron chi connectivity index (χ2n) is 4.85. The number of aliphatic imine (C=N–C) groups is 1. The lowest BCUT2D eigenvalue weighted by molar-refractivity contribution is 0.263. The first kappa shape index (κ1) is 11.1. The molecule has 2 aliphatic heterocycles. The summed E-state index contributed by atoms with van der Waals surface area (Å²) in [4.78, 5) is 7.32. The van der Waals surface area contributed by atoms with Crippen molar-refractivity contribution in [2.24, 2.45) is 4.99 Å². The fraction of sp³-hybridized carbons (Fsp3) is 0.500. The molecule has 0 N–H and O–H groups in total. The monoisotopic (exact) mass is 246 g/mol. The van der Waals surface area contributed by atoms with Gasteiger partial charge in [-0.05, 0) is 37.8 Å². The molecule has 0 spiro atoms. The topological polar surface area (TPSA) is 15.6 Å². The number of rotatable bonds is 0. The zero-order chi connectivity index (χ0) is 11.7. The van der Waals surface area contributed by atoms with Crippen LogP contribution >= 0.6 is 11.8 Å². The first-order valence-electron chi connectivity index (χ1n) is 6.40. The first-order chi connectivity index (χ1) is 8.34. The van der Waals surface area contributed by atoms with E-state index in [1.54, 1.807) is 0 Å². The van der Waals surface area contributed by atoms with Gasteiger partial charge in [-0.3, -0.25) is 0 Å². The smallest absolute Gasteiger partial charge is 0.164 e. The zero-order valence-electron chi connectivity index (χ0n) is 10.2. The number of thioether (sulfide) groups is 1. The maximum atomic E-state index is 4.82. The van der Waals surface area contributed by atoms with E-state index in [1.165, 1.54) is 42.2 Å². The summed E-state index contributed by atoms with van der Waals surface area (Å²) < 4.78 is 0. The van der Waals surface area contributed by atoms with Crippen molar-refractivity contribution in [3.63, 3.8) is 0 Å². The minimum absolute atomic E-state index is 0.653. The lowest BCUT2D eigenvalue weighted by Gasteiger charge is -2.36. The van der Waals surface area contributed by atoms with Crippen LogP contribution in [0.1, 0.15) is 31.7 Å². The highest BCUT2D eigenvalue weighted by molar-refractivity contribution is 8.13. The summed E-state index contributed by atoms with van der Waals surface area (Å²) in [5.41, 5.74) is 2.53. The average molecular weight is 246 g/mol. The summed E-state index contributed by atoms with van der Waals surface area (Å²) >= 11 is 1.89. The molecular weight excluding hydrogens is 228 g/mol. The van der Waals surface area contributed by atoms with E-state index in [0.29, 0.717) is 6.04 Å². The quantitative estimate of drug-likeness (QED) is 0.692. The van der Waals surface area contributed by atoms with Crippen molar-refractivity contribution in [2.75, 3.05) is 6.54 Å². The standard InChI is InChI=1S/C14H18N2S/c1-11-6-4-5-9-16(11)14-15-13-8-3-2-7-12(13)10-17-14/h2-3,7-8,11H,4-6,9-10H2,1H3. The number of likely N-dealkylation sites (tertiary alicyclic amines) is 1. The predicted molar refractivity (Wildman–Crippen MR) is 74.9 cm³/mol. The van der Waals surface area contributed by atoms with Crippen molar-refractivity contribution in [3.8, 4) is 0 Å². The normalized spacial score (nSPS) is 24.2. The van der Waals surface area contributed by atoms with Crippen LogP contribution in [0.2, 0.25) is 0 Å². The molecule has 1 fully saturated rings. The second-order valence-corrected chi connectivity index (χ2v) is 5.79. The number of benzene rings is 1. The maximum absolute atomic E-state index is 4.82. The van der Waals surface area contributed by atoms with E-state index in [9.17, 15) is 0 Å². The third-order valence-corrected chi connectivity index (χ3v) is 4.65. The van der Waals surface area contributed by atoms with Gasteiger partial charge in [0, 0.05) is 18.3 Å². The fourth-order valence-electron chi connectivity index (χ4n) is 2.55. The van der Waals surface area contributed by atoms with Gasteiger partial charge in [0.05, 0.1) is 5.69 Å². The molecule has 0 aromatic heterocycles. The minimum atomic E-state index is 0.653. The highest BCUT2D eigenvalue weighted by Gasteiger charge is 2.24. The van der Waals surface area contributed by atoms with Crippen LogP contribution in [0.5, 0.6) is 0 Å². The van der Waals surface area contributed by atoms with Crippen LogP contribution in [0.15, 0.2) is 29.3 Å². The molecule has 0 saturated carbocycles. The van der Waals surface area contributed by atoms with Crippen LogP contribution in [0.25, 0.3) is 0 Å². The summed E-state index contributed by atoms with van der Waals surface area (Å²) in [6.45, 7) is 3.50. The molecule has 1 aromatic carbocycles. The van der Waals surface area contributed by atoms with Crippen LogP contribution in [0, 0.1) is 0 Å². The number of piperidine rings is 1. The summed E-state index contributed by atoms with van der Waals surface area (Å²) in [5, 5.41) is 1.23. The van der Waals surface area contributed by atoms with Crippen LogP contribution in [-0.4, -0.2) is 22.7 Å². The van der Waals surface area contributed by atoms with E-state index >= 15 is 0 Å². The average Bonchev–Trinajstić information content (AvgIpc) is 2.39. The van der Waals surface area contributed by atoms with Gasteiger partial charge < -0.3 is 4.90 Å². The maximum Gasteiger partial charge on any atom is 0.164 e. The van der Waals surface area contributed by atoms with Gasteiger partial charge in [-0.15, -0.1) is 0 Å². The van der Waals surface area contributed by atoms with E-state index < -0.39 is 0 Å². The third kappa shape index (κ3) is 2.21. The Morgan fingerprint density at radius 1 is 1.29 bits per heavy atom. The highest BCUT2D eigenvalue weighted by Crippen LogP contribution is 2.33. The molecule has 90 valence electrons. The summed E-state index contributed by atoms with van der Waals surface area (Å²) in [6, 6.07) is 9.14. The molecule has 0 aliphatic carbocycles. The van der Waals surface area contributed by atoms with Gasteiger partial charge in [0.1, 0.15) is 0 Å². The third-order valence-electron chi connectivity index (χ3n) is 3.61. The van der Waals surface area contributed by atoms with E-state index in [-0.39, 0.29) is 0 Å². The van der Waals surface area contributed by atoms with Crippen molar-refractivity contribution in [2.45, 2.75) is 38.0 Å². The van der Waals surface area contributed by atoms with Crippen LogP contribution in [-0.2, 0) is 5.75 Å². The molecule has 2 aliphatic rings. The van der Waals surface area contributed by atoms with Crippen molar-refractivity contribution in [3.05, 3.63) is 29.8 Å². The number of hydrogen-bond acceptors (Lipinski definition) is 3. The molecule has 0 radical (unpaired) electrons. The van der Waals surface area contributed by atoms with Gasteiger partial charge in [-0.1, -0.05) is 30.0 Å². The zero-order valence-corrected chi connectivity index (χ0v) is 11.0. The van der Waals surface area contributed by atoms with Crippen molar-refractivity contribution >= 4 is 22.6 Å². The molecule has 1 unspecified atom stereocenters. The lowest BCUT2D eigenvalue weighted by Crippen LogP contribution is -2.41. The SMILES string of the molecule is CC1CCCCN1C1=Nc2ccccc2CS1. The van der Waals surface area contributed by atoms with Crippen LogP contribution < -0.4 is 0 Å². The molecule has 1 saturated heterocycles. The van der Waals surface area contributed by atoms with E-state index in [2.05, 4.69) is 36.1 Å². The largest absolute Gasteiger partial charge is 0.348 e. The minimum Gasteiger partial charge on any atom is -0.348 e. The molecule has 1 aromatic rings. The van der Waals surface area contributed by atoms with Crippen molar-refractivity contribution < 1.29 is 0 Å². The number of fused-ring (bicyclic) bond motifs is 1. The molecule has 0 bridgehead atoms. The van der Waals surface area contributed by atoms with E-state index in [0.717, 1.165) is 5.75 Å². The van der Waals surface area contributed by atoms with Crippen LogP contribution in [0.3, 0.4) is 0 Å². The Balaban J connectivity index is 1.88. The Labute approximate surface area is 107 Å². The second kappa shape index (κ2) is 4.73. The number of para-hydroxylation sites is 1. The molecule has 3 rings (SSSR count). The molecule has 17 heavy (non-hydrogen) atoms. The van der Waals surface area contributed by atoms with Gasteiger partial charge in [-0.25, -0.2) is 4.99 Å². The Kier molecular flexibility index (Phi) is 3.10. The van der Waals surface area contributed by atoms with Crippen LogP contribution in [0.4, 0.5) is 5.69 Å². The molecule has 0 amide bonds. The highest BCUT2D eigenvalue weighted by atomic mass is 32.2. The van der Waals surface area contributed by atoms with Gasteiger partial charge in [0.25, 0.3) is 0 Å². The molecule has 2 nitrogen and oxygen atoms in total. The van der Waals surface area contributed by atoms with Gasteiger partial charge in [0.2, 0.25) is 0 Å². The molecule has 3 heteroatoms. The summed E-state index contributed by atoms with van der Waals surface area (Å²) in [5.74, 6) is 1.07. The van der Waals surface area contributed by atoms with E-state index in [1.807, 2.05) is 11.8 Å². The Bertz CT molecular complexity index is 442. The van der Waals surface area contributed by atoms with E-state index in [4.69, 9.17) is 4.99 Å².